The molecular weight excluding hydrogens is 180 g/mol. The van der Waals surface area contributed by atoms with Crippen LogP contribution in [0.15, 0.2) is 6.20 Å². The number of carbonyl (C=O) groups excluding carboxylic acids is 1. The highest BCUT2D eigenvalue weighted by Crippen LogP contribution is 2.17. The van der Waals surface area contributed by atoms with Gasteiger partial charge in [-0.25, -0.2) is 0 Å². The van der Waals surface area contributed by atoms with Crippen molar-refractivity contribution in [3.05, 3.63) is 17.5 Å². The lowest BCUT2D eigenvalue weighted by molar-refractivity contribution is -0.140. The lowest BCUT2D eigenvalue weighted by atomic mass is 10.0. The van der Waals surface area contributed by atoms with E-state index in [0.717, 1.165) is 11.3 Å². The molecule has 0 amide bonds. The highest BCUT2D eigenvalue weighted by Gasteiger charge is 2.10. The fourth-order valence-corrected chi connectivity index (χ4v) is 1.36. The summed E-state index contributed by atoms with van der Waals surface area (Å²) in [7, 11) is 1.40. The van der Waals surface area contributed by atoms with Crippen LogP contribution >= 0.6 is 0 Å². The molecule has 0 radical (unpaired) electrons. The first-order chi connectivity index (χ1) is 6.65. The molecule has 0 aromatic carbocycles. The quantitative estimate of drug-likeness (QED) is 0.745. The number of hydrogen-bond donors (Lipinski definition) is 1. The summed E-state index contributed by atoms with van der Waals surface area (Å²) in [6.07, 6.45) is 2.88. The minimum absolute atomic E-state index is 0.180. The van der Waals surface area contributed by atoms with Crippen molar-refractivity contribution in [2.75, 3.05) is 7.11 Å². The van der Waals surface area contributed by atoms with Crippen molar-refractivity contribution < 1.29 is 9.53 Å². The summed E-state index contributed by atoms with van der Waals surface area (Å²) < 4.78 is 4.58. The maximum absolute atomic E-state index is 10.9. The molecule has 0 atom stereocenters. The van der Waals surface area contributed by atoms with Crippen LogP contribution in [0.3, 0.4) is 0 Å². The van der Waals surface area contributed by atoms with Crippen molar-refractivity contribution in [1.29, 1.82) is 0 Å². The van der Waals surface area contributed by atoms with E-state index >= 15 is 0 Å². The SMILES string of the molecule is COC(=O)CCc1cn[nH]c1C(C)C. The Labute approximate surface area is 83.7 Å². The van der Waals surface area contributed by atoms with Crippen LogP contribution in [0.5, 0.6) is 0 Å². The zero-order valence-corrected chi connectivity index (χ0v) is 8.83. The molecule has 0 bridgehead atoms. The molecule has 14 heavy (non-hydrogen) atoms. The van der Waals surface area contributed by atoms with Crippen LogP contribution in [0.1, 0.15) is 37.4 Å². The number of carbonyl (C=O) groups is 1. The number of hydrogen-bond acceptors (Lipinski definition) is 3. The first kappa shape index (κ1) is 10.8. The van der Waals surface area contributed by atoms with E-state index in [0.29, 0.717) is 18.8 Å². The molecule has 0 fully saturated rings. The molecule has 0 aliphatic carbocycles. The molecule has 0 saturated carbocycles. The van der Waals surface area contributed by atoms with Gasteiger partial charge in [0.25, 0.3) is 0 Å². The van der Waals surface area contributed by atoms with Gasteiger partial charge in [0.15, 0.2) is 0 Å². The first-order valence-corrected chi connectivity index (χ1v) is 4.74. The van der Waals surface area contributed by atoms with Crippen molar-refractivity contribution >= 4 is 5.97 Å². The average Bonchev–Trinajstić information content (AvgIpc) is 2.62. The van der Waals surface area contributed by atoms with Crippen molar-refractivity contribution in [2.24, 2.45) is 0 Å². The lowest BCUT2D eigenvalue weighted by Gasteiger charge is -2.04. The predicted molar refractivity (Wildman–Crippen MR) is 53.0 cm³/mol. The molecule has 1 N–H and O–H groups in total. The van der Waals surface area contributed by atoms with Crippen molar-refractivity contribution in [3.8, 4) is 0 Å². The van der Waals surface area contributed by atoms with Crippen LogP contribution < -0.4 is 0 Å². The lowest BCUT2D eigenvalue weighted by Crippen LogP contribution is -2.03. The second-order valence-corrected chi connectivity index (χ2v) is 3.54. The van der Waals surface area contributed by atoms with Crippen molar-refractivity contribution in [2.45, 2.75) is 32.6 Å². The van der Waals surface area contributed by atoms with Gasteiger partial charge in [0.05, 0.1) is 13.3 Å². The average molecular weight is 196 g/mol. The van der Waals surface area contributed by atoms with Gasteiger partial charge < -0.3 is 4.74 Å². The number of esters is 1. The Kier molecular flexibility index (Phi) is 3.68. The molecule has 0 aliphatic rings. The third-order valence-corrected chi connectivity index (χ3v) is 2.15. The summed E-state index contributed by atoms with van der Waals surface area (Å²) in [5, 5.41) is 6.91. The van der Waals surface area contributed by atoms with Gasteiger partial charge in [0, 0.05) is 12.1 Å². The van der Waals surface area contributed by atoms with E-state index in [1.165, 1.54) is 7.11 Å². The van der Waals surface area contributed by atoms with Crippen LogP contribution in [-0.2, 0) is 16.0 Å². The Morgan fingerprint density at radius 1 is 1.64 bits per heavy atom. The smallest absolute Gasteiger partial charge is 0.305 e. The van der Waals surface area contributed by atoms with Crippen molar-refractivity contribution in [1.82, 2.24) is 10.2 Å². The number of aromatic amines is 1. The fraction of sp³-hybridized carbons (Fsp3) is 0.600. The van der Waals surface area contributed by atoms with Gasteiger partial charge >= 0.3 is 5.97 Å². The van der Waals surface area contributed by atoms with E-state index in [-0.39, 0.29) is 5.97 Å². The minimum Gasteiger partial charge on any atom is -0.469 e. The standard InChI is InChI=1S/C10H16N2O2/c1-7(2)10-8(6-11-12-10)4-5-9(13)14-3/h6-7H,4-5H2,1-3H3,(H,11,12). The Hall–Kier alpha value is -1.32. The number of aromatic nitrogens is 2. The van der Waals surface area contributed by atoms with Gasteiger partial charge in [-0.15, -0.1) is 0 Å². The molecule has 0 spiro atoms. The molecule has 0 saturated heterocycles. The Bertz CT molecular complexity index is 305. The number of rotatable bonds is 4. The first-order valence-electron chi connectivity index (χ1n) is 4.74. The van der Waals surface area contributed by atoms with Crippen molar-refractivity contribution in [3.63, 3.8) is 0 Å². The number of H-pyrrole nitrogens is 1. The Morgan fingerprint density at radius 3 is 2.93 bits per heavy atom. The van der Waals surface area contributed by atoms with Crippen LogP contribution in [0.25, 0.3) is 0 Å². The zero-order chi connectivity index (χ0) is 10.6. The number of nitrogens with one attached hydrogen (secondary N) is 1. The number of aryl methyl sites for hydroxylation is 1. The summed E-state index contributed by atoms with van der Waals surface area (Å²) in [5.41, 5.74) is 2.21. The highest BCUT2D eigenvalue weighted by atomic mass is 16.5. The van der Waals surface area contributed by atoms with Gasteiger partial charge in [-0.2, -0.15) is 5.10 Å². The topological polar surface area (TPSA) is 55.0 Å². The normalized spacial score (nSPS) is 10.6. The predicted octanol–water partition coefficient (Wildman–Crippen LogP) is 1.64. The minimum atomic E-state index is -0.180. The second-order valence-electron chi connectivity index (χ2n) is 3.54. The van der Waals surface area contributed by atoms with Crippen LogP contribution in [0, 0.1) is 0 Å². The molecule has 1 aromatic heterocycles. The summed E-state index contributed by atoms with van der Waals surface area (Å²) in [5.74, 6) is 0.228. The van der Waals surface area contributed by atoms with Crippen LogP contribution in [-0.4, -0.2) is 23.3 Å². The summed E-state index contributed by atoms with van der Waals surface area (Å²) >= 11 is 0. The molecule has 1 aromatic rings. The summed E-state index contributed by atoms with van der Waals surface area (Å²) in [6.45, 7) is 4.18. The van der Waals surface area contributed by atoms with E-state index in [4.69, 9.17) is 0 Å². The van der Waals surface area contributed by atoms with Gasteiger partial charge in [-0.1, -0.05) is 13.8 Å². The summed E-state index contributed by atoms with van der Waals surface area (Å²) in [4.78, 5) is 10.9. The molecular formula is C10H16N2O2. The third kappa shape index (κ3) is 2.58. The molecule has 0 unspecified atom stereocenters. The van der Waals surface area contributed by atoms with Gasteiger partial charge in [0.2, 0.25) is 0 Å². The number of ether oxygens (including phenoxy) is 1. The maximum Gasteiger partial charge on any atom is 0.305 e. The zero-order valence-electron chi connectivity index (χ0n) is 8.83. The van der Waals surface area contributed by atoms with E-state index < -0.39 is 0 Å². The summed E-state index contributed by atoms with van der Waals surface area (Å²) in [6, 6.07) is 0. The van der Waals surface area contributed by atoms with Gasteiger partial charge in [0.1, 0.15) is 0 Å². The van der Waals surface area contributed by atoms with Gasteiger partial charge in [-0.05, 0) is 17.9 Å². The largest absolute Gasteiger partial charge is 0.469 e. The van der Waals surface area contributed by atoms with Gasteiger partial charge in [-0.3, -0.25) is 9.89 Å². The van der Waals surface area contributed by atoms with E-state index in [9.17, 15) is 4.79 Å². The molecule has 0 aliphatic heterocycles. The second kappa shape index (κ2) is 4.79. The van der Waals surface area contributed by atoms with Crippen LogP contribution in [0.2, 0.25) is 0 Å². The molecule has 4 heteroatoms. The molecule has 1 heterocycles. The maximum atomic E-state index is 10.9. The molecule has 4 nitrogen and oxygen atoms in total. The van der Waals surface area contributed by atoms with E-state index in [2.05, 4.69) is 28.8 Å². The third-order valence-electron chi connectivity index (χ3n) is 2.15. The van der Waals surface area contributed by atoms with E-state index in [1.807, 2.05) is 0 Å². The van der Waals surface area contributed by atoms with Crippen LogP contribution in [0.4, 0.5) is 0 Å². The highest BCUT2D eigenvalue weighted by molar-refractivity contribution is 5.69. The van der Waals surface area contributed by atoms with E-state index in [1.54, 1.807) is 6.20 Å². The fourth-order valence-electron chi connectivity index (χ4n) is 1.36. The Balaban J connectivity index is 2.58. The Morgan fingerprint density at radius 2 is 2.36 bits per heavy atom. The monoisotopic (exact) mass is 196 g/mol. The molecule has 1 rings (SSSR count). The number of methoxy groups -OCH3 is 1. The molecule has 78 valence electrons. The number of nitrogens with zero attached hydrogens (tertiary/aromatic N) is 1.